The molecule has 1 aromatic rings. The molecular formula is C11H15N. The van der Waals surface area contributed by atoms with E-state index >= 15 is 0 Å². The van der Waals surface area contributed by atoms with E-state index in [-0.39, 0.29) is 0 Å². The third-order valence-electron chi connectivity index (χ3n) is 1.88. The minimum absolute atomic E-state index is 1.20. The number of benzene rings is 1. The van der Waals surface area contributed by atoms with Gasteiger partial charge in [0.05, 0.1) is 0 Å². The van der Waals surface area contributed by atoms with E-state index in [4.69, 9.17) is 0 Å². The van der Waals surface area contributed by atoms with Crippen molar-refractivity contribution in [2.45, 2.75) is 13.8 Å². The van der Waals surface area contributed by atoms with E-state index in [9.17, 15) is 0 Å². The molecule has 0 aliphatic carbocycles. The summed E-state index contributed by atoms with van der Waals surface area (Å²) in [6, 6.07) is 6.38. The summed E-state index contributed by atoms with van der Waals surface area (Å²) < 4.78 is 0. The fourth-order valence-corrected chi connectivity index (χ4v) is 1.26. The summed E-state index contributed by atoms with van der Waals surface area (Å²) in [4.78, 5) is 0. The van der Waals surface area contributed by atoms with Gasteiger partial charge in [0.2, 0.25) is 0 Å². The lowest BCUT2D eigenvalue weighted by atomic mass is 10.1. The monoisotopic (exact) mass is 161 g/mol. The Labute approximate surface area is 74.1 Å². The van der Waals surface area contributed by atoms with Crippen molar-refractivity contribution in [1.82, 2.24) is 0 Å². The van der Waals surface area contributed by atoms with Crippen LogP contribution in [-0.4, -0.2) is 7.05 Å². The van der Waals surface area contributed by atoms with Crippen molar-refractivity contribution in [1.29, 1.82) is 0 Å². The Balaban J connectivity index is 3.01. The summed E-state index contributed by atoms with van der Waals surface area (Å²) in [5.41, 5.74) is 3.74. The van der Waals surface area contributed by atoms with Crippen LogP contribution in [0, 0.1) is 6.92 Å². The molecule has 1 nitrogen and oxygen atoms in total. The minimum atomic E-state index is 1.20. The molecule has 12 heavy (non-hydrogen) atoms. The van der Waals surface area contributed by atoms with E-state index in [1.807, 2.05) is 20.0 Å². The molecule has 0 saturated carbocycles. The maximum absolute atomic E-state index is 3.14. The third kappa shape index (κ3) is 1.88. The van der Waals surface area contributed by atoms with Gasteiger partial charge in [-0.1, -0.05) is 18.2 Å². The number of rotatable bonds is 2. The summed E-state index contributed by atoms with van der Waals surface area (Å²) in [6.45, 7) is 4.14. The molecular weight excluding hydrogens is 146 g/mol. The molecule has 0 aromatic heterocycles. The van der Waals surface area contributed by atoms with Gasteiger partial charge < -0.3 is 5.32 Å². The maximum Gasteiger partial charge on any atom is 0.0367 e. The van der Waals surface area contributed by atoms with Gasteiger partial charge >= 0.3 is 0 Å². The topological polar surface area (TPSA) is 12.0 Å². The minimum Gasteiger partial charge on any atom is -0.388 e. The Bertz CT molecular complexity index is 287. The molecule has 1 aromatic carbocycles. The molecule has 0 aliphatic rings. The van der Waals surface area contributed by atoms with Crippen LogP contribution in [0.15, 0.2) is 24.3 Å². The molecule has 1 heteroatoms. The molecule has 1 rings (SSSR count). The second-order valence-corrected chi connectivity index (χ2v) is 2.82. The van der Waals surface area contributed by atoms with Crippen molar-refractivity contribution in [2.75, 3.05) is 12.4 Å². The highest BCUT2D eigenvalue weighted by atomic mass is 14.8. The highest BCUT2D eigenvalue weighted by Crippen LogP contribution is 2.16. The molecule has 0 radical (unpaired) electrons. The first-order chi connectivity index (χ1) is 5.77. The lowest BCUT2D eigenvalue weighted by Crippen LogP contribution is -1.91. The molecule has 0 unspecified atom stereocenters. The number of nitrogens with one attached hydrogen (secondary N) is 1. The van der Waals surface area contributed by atoms with Gasteiger partial charge in [0.1, 0.15) is 0 Å². The highest BCUT2D eigenvalue weighted by Gasteiger charge is 1.94. The van der Waals surface area contributed by atoms with Crippen LogP contribution in [0.1, 0.15) is 18.1 Å². The SMILES string of the molecule is CC=Cc1ccc(NC)c(C)c1. The summed E-state index contributed by atoms with van der Waals surface area (Å²) in [5.74, 6) is 0. The average molecular weight is 161 g/mol. The molecule has 0 bridgehead atoms. The quantitative estimate of drug-likeness (QED) is 0.703. The zero-order chi connectivity index (χ0) is 8.97. The van der Waals surface area contributed by atoms with Gasteiger partial charge in [-0.2, -0.15) is 0 Å². The molecule has 0 saturated heterocycles. The van der Waals surface area contributed by atoms with Crippen molar-refractivity contribution in [3.8, 4) is 0 Å². The van der Waals surface area contributed by atoms with E-state index in [0.717, 1.165) is 0 Å². The molecule has 0 heterocycles. The van der Waals surface area contributed by atoms with E-state index in [1.54, 1.807) is 0 Å². The predicted octanol–water partition coefficient (Wildman–Crippen LogP) is 3.07. The second-order valence-electron chi connectivity index (χ2n) is 2.82. The standard InChI is InChI=1S/C11H15N/c1-4-5-10-6-7-11(12-3)9(2)8-10/h4-8,12H,1-3H3. The number of aryl methyl sites for hydroxylation is 1. The van der Waals surface area contributed by atoms with Gasteiger partial charge in [0, 0.05) is 12.7 Å². The zero-order valence-corrected chi connectivity index (χ0v) is 7.89. The lowest BCUT2D eigenvalue weighted by molar-refractivity contribution is 1.40. The normalized spacial score (nSPS) is 10.6. The highest BCUT2D eigenvalue weighted by molar-refractivity contribution is 5.58. The number of hydrogen-bond donors (Lipinski definition) is 1. The number of allylic oxidation sites excluding steroid dienone is 1. The van der Waals surface area contributed by atoms with Crippen molar-refractivity contribution >= 4 is 11.8 Å². The largest absolute Gasteiger partial charge is 0.388 e. The number of hydrogen-bond acceptors (Lipinski definition) is 1. The van der Waals surface area contributed by atoms with Gasteiger partial charge in [-0.25, -0.2) is 0 Å². The lowest BCUT2D eigenvalue weighted by Gasteiger charge is -2.04. The Hall–Kier alpha value is -1.24. The smallest absolute Gasteiger partial charge is 0.0367 e. The van der Waals surface area contributed by atoms with Crippen LogP contribution in [0.2, 0.25) is 0 Å². The maximum atomic E-state index is 3.14. The first kappa shape index (κ1) is 8.85. The van der Waals surface area contributed by atoms with Crippen molar-refractivity contribution in [3.63, 3.8) is 0 Å². The number of anilines is 1. The third-order valence-corrected chi connectivity index (χ3v) is 1.88. The van der Waals surface area contributed by atoms with E-state index in [1.165, 1.54) is 16.8 Å². The van der Waals surface area contributed by atoms with Gasteiger partial charge in [0.15, 0.2) is 0 Å². The molecule has 0 spiro atoms. The summed E-state index contributed by atoms with van der Waals surface area (Å²) in [7, 11) is 1.94. The molecule has 1 N–H and O–H groups in total. The van der Waals surface area contributed by atoms with Crippen LogP contribution in [0.5, 0.6) is 0 Å². The molecule has 64 valence electrons. The first-order valence-corrected chi connectivity index (χ1v) is 4.19. The van der Waals surface area contributed by atoms with E-state index < -0.39 is 0 Å². The van der Waals surface area contributed by atoms with Gasteiger partial charge in [-0.15, -0.1) is 0 Å². The van der Waals surface area contributed by atoms with Crippen molar-refractivity contribution < 1.29 is 0 Å². The van der Waals surface area contributed by atoms with Crippen molar-refractivity contribution in [2.24, 2.45) is 0 Å². The molecule has 0 aliphatic heterocycles. The second kappa shape index (κ2) is 3.96. The van der Waals surface area contributed by atoms with Crippen LogP contribution < -0.4 is 5.32 Å². The van der Waals surface area contributed by atoms with Gasteiger partial charge in [0.25, 0.3) is 0 Å². The van der Waals surface area contributed by atoms with Crippen molar-refractivity contribution in [3.05, 3.63) is 35.4 Å². The molecule has 0 fully saturated rings. The first-order valence-electron chi connectivity index (χ1n) is 4.19. The Morgan fingerprint density at radius 3 is 2.58 bits per heavy atom. The molecule has 0 atom stereocenters. The fourth-order valence-electron chi connectivity index (χ4n) is 1.26. The predicted molar refractivity (Wildman–Crippen MR) is 55.4 cm³/mol. The summed E-state index contributed by atoms with van der Waals surface area (Å²) in [5, 5.41) is 3.14. The Kier molecular flexibility index (Phi) is 2.92. The van der Waals surface area contributed by atoms with E-state index in [0.29, 0.717) is 0 Å². The fraction of sp³-hybridized carbons (Fsp3) is 0.273. The Morgan fingerprint density at radius 2 is 2.08 bits per heavy atom. The van der Waals surface area contributed by atoms with Crippen LogP contribution in [0.4, 0.5) is 5.69 Å². The summed E-state index contributed by atoms with van der Waals surface area (Å²) in [6.07, 6.45) is 4.15. The zero-order valence-electron chi connectivity index (χ0n) is 7.89. The summed E-state index contributed by atoms with van der Waals surface area (Å²) >= 11 is 0. The van der Waals surface area contributed by atoms with Gasteiger partial charge in [-0.05, 0) is 37.1 Å². The van der Waals surface area contributed by atoms with E-state index in [2.05, 4.69) is 36.5 Å². The van der Waals surface area contributed by atoms with Gasteiger partial charge in [-0.3, -0.25) is 0 Å². The average Bonchev–Trinajstić information content (AvgIpc) is 2.05. The van der Waals surface area contributed by atoms with Crippen LogP contribution >= 0.6 is 0 Å². The van der Waals surface area contributed by atoms with Crippen LogP contribution in [0.3, 0.4) is 0 Å². The van der Waals surface area contributed by atoms with Crippen LogP contribution in [0.25, 0.3) is 6.08 Å². The molecule has 0 amide bonds. The Morgan fingerprint density at radius 1 is 1.33 bits per heavy atom. The van der Waals surface area contributed by atoms with Crippen LogP contribution in [-0.2, 0) is 0 Å².